The zero-order valence-electron chi connectivity index (χ0n) is 14.8. The Morgan fingerprint density at radius 1 is 1.12 bits per heavy atom. The Morgan fingerprint density at radius 2 is 1.69 bits per heavy atom. The molecule has 0 aliphatic heterocycles. The molecule has 142 valence electrons. The molecule has 0 saturated carbocycles. The van der Waals surface area contributed by atoms with Crippen molar-refractivity contribution in [1.29, 1.82) is 0 Å². The van der Waals surface area contributed by atoms with Gasteiger partial charge in [0.2, 0.25) is 20.9 Å². The van der Waals surface area contributed by atoms with Crippen LogP contribution < -0.4 is 4.74 Å². The fraction of sp³-hybridized carbons (Fsp3) is 0.412. The summed E-state index contributed by atoms with van der Waals surface area (Å²) in [4.78, 5) is 7.80. The van der Waals surface area contributed by atoms with E-state index in [0.717, 1.165) is 12.7 Å². The lowest BCUT2D eigenvalue weighted by Gasteiger charge is -2.17. The molecule has 0 aliphatic carbocycles. The summed E-state index contributed by atoms with van der Waals surface area (Å²) in [5.74, 6) is -3.61. The van der Waals surface area contributed by atoms with Gasteiger partial charge in [0.05, 0.1) is 23.9 Å². The van der Waals surface area contributed by atoms with Crippen LogP contribution in [0.25, 0.3) is 11.1 Å². The minimum absolute atomic E-state index is 0.0485. The van der Waals surface area contributed by atoms with Crippen LogP contribution in [-0.4, -0.2) is 31.8 Å². The lowest BCUT2D eigenvalue weighted by molar-refractivity contribution is 0.390. The number of benzene rings is 1. The Bertz CT molecular complexity index is 910. The minimum atomic E-state index is -3.78. The first-order chi connectivity index (χ1) is 12.1. The number of nitrogens with zero attached hydrogens (tertiary/aromatic N) is 2. The molecule has 1 unspecified atom stereocenters. The molecule has 2 aromatic rings. The van der Waals surface area contributed by atoms with Crippen molar-refractivity contribution in [3.05, 3.63) is 35.3 Å². The summed E-state index contributed by atoms with van der Waals surface area (Å²) in [6.45, 7) is 3.80. The second-order valence-electron chi connectivity index (χ2n) is 6.07. The zero-order valence-corrected chi connectivity index (χ0v) is 15.6. The van der Waals surface area contributed by atoms with Gasteiger partial charge in [0.15, 0.2) is 0 Å². The fourth-order valence-corrected chi connectivity index (χ4v) is 2.96. The molecule has 0 saturated heterocycles. The fourth-order valence-electron chi connectivity index (χ4n) is 2.43. The van der Waals surface area contributed by atoms with E-state index in [2.05, 4.69) is 9.97 Å². The number of rotatable bonds is 6. The van der Waals surface area contributed by atoms with Crippen molar-refractivity contribution in [2.45, 2.75) is 31.8 Å². The third-order valence-corrected chi connectivity index (χ3v) is 4.80. The van der Waals surface area contributed by atoms with Crippen molar-refractivity contribution in [3.63, 3.8) is 0 Å². The second kappa shape index (κ2) is 7.61. The molecular weight excluding hydrogens is 369 g/mol. The first-order valence-corrected chi connectivity index (χ1v) is 9.77. The van der Waals surface area contributed by atoms with Crippen LogP contribution in [-0.2, 0) is 16.3 Å². The first kappa shape index (κ1) is 20.2. The summed E-state index contributed by atoms with van der Waals surface area (Å²) in [5, 5.41) is -0.501. The van der Waals surface area contributed by atoms with Crippen LogP contribution in [0.1, 0.15) is 26.0 Å². The Morgan fingerprint density at radius 3 is 2.15 bits per heavy atom. The maximum atomic E-state index is 14.3. The lowest BCUT2D eigenvalue weighted by atomic mass is 9.96. The summed E-state index contributed by atoms with van der Waals surface area (Å²) < 4.78 is 70.7. The van der Waals surface area contributed by atoms with Crippen molar-refractivity contribution in [2.75, 3.05) is 13.4 Å². The van der Waals surface area contributed by atoms with Gasteiger partial charge in [-0.3, -0.25) is 0 Å². The minimum Gasteiger partial charge on any atom is -0.480 e. The van der Waals surface area contributed by atoms with E-state index < -0.39 is 38.0 Å². The lowest BCUT2D eigenvalue weighted by Crippen LogP contribution is -2.13. The predicted molar refractivity (Wildman–Crippen MR) is 90.2 cm³/mol. The molecule has 0 spiro atoms. The highest BCUT2D eigenvalue weighted by atomic mass is 32.2. The molecule has 1 aromatic heterocycles. The van der Waals surface area contributed by atoms with Gasteiger partial charge in [-0.05, 0) is 12.3 Å². The molecule has 2 rings (SSSR count). The number of hydrogen-bond acceptors (Lipinski definition) is 5. The normalized spacial score (nSPS) is 12.9. The van der Waals surface area contributed by atoms with Gasteiger partial charge in [-0.25, -0.2) is 26.6 Å². The largest absolute Gasteiger partial charge is 0.480 e. The zero-order chi connectivity index (χ0) is 19.6. The molecule has 26 heavy (non-hydrogen) atoms. The van der Waals surface area contributed by atoms with Gasteiger partial charge in [0.25, 0.3) is 0 Å². The molecular formula is C17H19F3N2O3S. The molecule has 0 bridgehead atoms. The maximum absolute atomic E-state index is 14.3. The van der Waals surface area contributed by atoms with Gasteiger partial charge in [0, 0.05) is 18.4 Å². The number of hydrogen-bond donors (Lipinski definition) is 0. The monoisotopic (exact) mass is 388 g/mol. The SMILES string of the molecule is CCC(C)Cc1nc(S(C)(=O)=O)nc(OC)c1-c1c(F)cc(F)cc1F. The topological polar surface area (TPSA) is 69.2 Å². The van der Waals surface area contributed by atoms with Gasteiger partial charge in [0.1, 0.15) is 17.5 Å². The Balaban J connectivity index is 2.87. The van der Waals surface area contributed by atoms with Crippen LogP contribution in [0.2, 0.25) is 0 Å². The molecule has 0 radical (unpaired) electrons. The molecule has 0 amide bonds. The summed E-state index contributed by atoms with van der Waals surface area (Å²) in [6.07, 6.45) is 1.89. The Labute approximate surface area is 150 Å². The maximum Gasteiger partial charge on any atom is 0.250 e. The van der Waals surface area contributed by atoms with E-state index in [-0.39, 0.29) is 29.5 Å². The number of sulfone groups is 1. The van der Waals surface area contributed by atoms with E-state index in [4.69, 9.17) is 4.74 Å². The van der Waals surface area contributed by atoms with E-state index in [1.54, 1.807) is 0 Å². The van der Waals surface area contributed by atoms with Gasteiger partial charge in [-0.15, -0.1) is 0 Å². The van der Waals surface area contributed by atoms with Crippen molar-refractivity contribution >= 4 is 9.84 Å². The first-order valence-electron chi connectivity index (χ1n) is 7.88. The van der Waals surface area contributed by atoms with Crippen molar-refractivity contribution in [3.8, 4) is 17.0 Å². The van der Waals surface area contributed by atoms with Gasteiger partial charge >= 0.3 is 0 Å². The van der Waals surface area contributed by atoms with Crippen LogP contribution in [0.4, 0.5) is 13.2 Å². The summed E-state index contributed by atoms with van der Waals surface area (Å²) in [5.41, 5.74) is -0.548. The quantitative estimate of drug-likeness (QED) is 0.708. The van der Waals surface area contributed by atoms with Crippen LogP contribution in [0.5, 0.6) is 5.88 Å². The highest BCUT2D eigenvalue weighted by Crippen LogP contribution is 2.37. The molecule has 1 atom stereocenters. The van der Waals surface area contributed by atoms with E-state index in [9.17, 15) is 21.6 Å². The van der Waals surface area contributed by atoms with Crippen molar-refractivity contribution in [1.82, 2.24) is 9.97 Å². The van der Waals surface area contributed by atoms with Crippen molar-refractivity contribution < 1.29 is 26.3 Å². The molecule has 0 aliphatic rings. The standard InChI is InChI=1S/C17H19F3N2O3S/c1-5-9(2)6-13-15(14-11(19)7-10(18)8-12(14)20)16(25-3)22-17(21-13)26(4,23)24/h7-9H,5-6H2,1-4H3. The number of methoxy groups -OCH3 is 1. The molecule has 5 nitrogen and oxygen atoms in total. The Kier molecular flexibility index (Phi) is 5.90. The van der Waals surface area contributed by atoms with Crippen LogP contribution in [0, 0.1) is 23.4 Å². The highest BCUT2D eigenvalue weighted by molar-refractivity contribution is 7.90. The molecule has 1 heterocycles. The molecule has 0 fully saturated rings. The third kappa shape index (κ3) is 4.14. The average Bonchev–Trinajstić information content (AvgIpc) is 2.53. The van der Waals surface area contributed by atoms with Gasteiger partial charge < -0.3 is 4.74 Å². The van der Waals surface area contributed by atoms with Crippen molar-refractivity contribution in [2.24, 2.45) is 5.92 Å². The third-order valence-electron chi connectivity index (χ3n) is 3.95. The van der Waals surface area contributed by atoms with E-state index in [1.807, 2.05) is 13.8 Å². The van der Waals surface area contributed by atoms with E-state index in [1.165, 1.54) is 7.11 Å². The van der Waals surface area contributed by atoms with Crippen LogP contribution in [0.3, 0.4) is 0 Å². The molecule has 0 N–H and O–H groups in total. The Hall–Kier alpha value is -2.16. The summed E-state index contributed by atoms with van der Waals surface area (Å²) in [6, 6.07) is 1.07. The predicted octanol–water partition coefficient (Wildman–Crippen LogP) is 3.56. The van der Waals surface area contributed by atoms with Gasteiger partial charge in [-0.2, -0.15) is 4.98 Å². The van der Waals surface area contributed by atoms with Crippen LogP contribution >= 0.6 is 0 Å². The molecule has 9 heteroatoms. The van der Waals surface area contributed by atoms with Gasteiger partial charge in [-0.1, -0.05) is 20.3 Å². The van der Waals surface area contributed by atoms with E-state index in [0.29, 0.717) is 12.1 Å². The highest BCUT2D eigenvalue weighted by Gasteiger charge is 2.26. The number of halogens is 3. The summed E-state index contributed by atoms with van der Waals surface area (Å²) >= 11 is 0. The number of aromatic nitrogens is 2. The summed E-state index contributed by atoms with van der Waals surface area (Å²) in [7, 11) is -2.58. The molecule has 1 aromatic carbocycles. The number of ether oxygens (including phenoxy) is 1. The van der Waals surface area contributed by atoms with E-state index >= 15 is 0 Å². The second-order valence-corrected chi connectivity index (χ2v) is 7.98. The average molecular weight is 388 g/mol. The smallest absolute Gasteiger partial charge is 0.250 e. The van der Waals surface area contributed by atoms with Crippen LogP contribution in [0.15, 0.2) is 17.3 Å².